The summed E-state index contributed by atoms with van der Waals surface area (Å²) < 4.78 is 31.2. The summed E-state index contributed by atoms with van der Waals surface area (Å²) in [6.07, 6.45) is 1.45. The summed E-state index contributed by atoms with van der Waals surface area (Å²) in [7, 11) is -4.43. The van der Waals surface area contributed by atoms with Crippen molar-refractivity contribution in [3.8, 4) is 0 Å². The molecule has 0 unspecified atom stereocenters. The smallest absolute Gasteiger partial charge is 0.337 e. The average Bonchev–Trinajstić information content (AvgIpc) is 2.47. The van der Waals surface area contributed by atoms with Crippen molar-refractivity contribution in [1.29, 1.82) is 0 Å². The van der Waals surface area contributed by atoms with E-state index in [1.807, 2.05) is 18.2 Å². The van der Waals surface area contributed by atoms with Crippen LogP contribution in [0, 0.1) is 0 Å². The first-order chi connectivity index (χ1) is 10.4. The Bertz CT molecular complexity index is 826. The number of anilines is 1. The molecule has 0 spiro atoms. The van der Waals surface area contributed by atoms with Crippen LogP contribution in [0.1, 0.15) is 15.9 Å². The average molecular weight is 366 g/mol. The number of rotatable bonds is 5. The Balaban J connectivity index is 0.00000264. The van der Waals surface area contributed by atoms with Crippen molar-refractivity contribution in [3.63, 3.8) is 0 Å². The maximum absolute atomic E-state index is 11.1. The third kappa shape index (κ3) is 6.66. The third-order valence-corrected chi connectivity index (χ3v) is 3.57. The molecule has 0 aliphatic carbocycles. The van der Waals surface area contributed by atoms with Crippen LogP contribution >= 0.6 is 0 Å². The summed E-state index contributed by atoms with van der Waals surface area (Å²) in [5.74, 6) is -1.25. The molecule has 7 nitrogen and oxygen atoms in total. The number of hydrazone groups is 1. The Morgan fingerprint density at radius 1 is 1.08 bits per heavy atom. The molecule has 116 valence electrons. The number of nitrogens with one attached hydrogen (secondary N) is 1. The first kappa shape index (κ1) is 23.3. The number of carbonyl (C=O) groups is 1. The minimum absolute atomic E-state index is 0. The minimum Gasteiger partial charge on any atom is -0.478 e. The Morgan fingerprint density at radius 2 is 1.71 bits per heavy atom. The molecule has 3 N–H and O–H groups in total. The number of hydrogen-bond acceptors (Lipinski definition) is 5. The molecule has 0 aromatic heterocycles. The molecule has 0 heterocycles. The molecule has 24 heavy (non-hydrogen) atoms. The van der Waals surface area contributed by atoms with Gasteiger partial charge in [0.05, 0.1) is 22.4 Å². The van der Waals surface area contributed by atoms with E-state index in [0.717, 1.165) is 23.8 Å². The van der Waals surface area contributed by atoms with Gasteiger partial charge in [-0.2, -0.15) is 13.5 Å². The summed E-state index contributed by atoms with van der Waals surface area (Å²) in [6, 6.07) is 12.1. The van der Waals surface area contributed by atoms with Crippen LogP contribution in [0.4, 0.5) is 5.69 Å². The topological polar surface area (TPSA) is 116 Å². The van der Waals surface area contributed by atoms with Gasteiger partial charge in [-0.3, -0.25) is 9.98 Å². The second-order valence-electron chi connectivity index (χ2n) is 4.27. The Hall–Kier alpha value is -0.710. The molecule has 0 aliphatic rings. The molecule has 0 aliphatic heterocycles. The molecule has 0 fully saturated rings. The van der Waals surface area contributed by atoms with E-state index in [0.29, 0.717) is 0 Å². The van der Waals surface area contributed by atoms with Crippen molar-refractivity contribution in [2.45, 2.75) is 4.90 Å². The van der Waals surface area contributed by atoms with Crippen molar-refractivity contribution < 1.29 is 22.9 Å². The Kier molecular flexibility index (Phi) is 10.0. The predicted molar refractivity (Wildman–Crippen MR) is 92.4 cm³/mol. The van der Waals surface area contributed by atoms with Gasteiger partial charge in [-0.15, -0.1) is 0 Å². The zero-order valence-electron chi connectivity index (χ0n) is 13.2. The second-order valence-corrected chi connectivity index (χ2v) is 5.69. The van der Waals surface area contributed by atoms with Gasteiger partial charge in [-0.25, -0.2) is 4.79 Å². The zero-order chi connectivity index (χ0) is 16.2. The molecule has 2 aromatic rings. The van der Waals surface area contributed by atoms with Gasteiger partial charge in [0.15, 0.2) is 0 Å². The maximum atomic E-state index is 11.1. The molecular formula is C14H12N2Na2O5S. The van der Waals surface area contributed by atoms with Gasteiger partial charge in [-0.05, 0) is 23.8 Å². The van der Waals surface area contributed by atoms with Gasteiger partial charge < -0.3 is 5.11 Å². The molecular weight excluding hydrogens is 354 g/mol. The summed E-state index contributed by atoms with van der Waals surface area (Å²) >= 11 is 0. The van der Waals surface area contributed by atoms with Gasteiger partial charge in [0, 0.05) is 59.1 Å². The monoisotopic (exact) mass is 366 g/mol. The summed E-state index contributed by atoms with van der Waals surface area (Å²) in [5.41, 5.74) is 3.03. The fraction of sp³-hybridized carbons (Fsp3) is 0. The van der Waals surface area contributed by atoms with Crippen molar-refractivity contribution in [1.82, 2.24) is 0 Å². The Morgan fingerprint density at radius 3 is 2.25 bits per heavy atom. The minimum atomic E-state index is -4.43. The van der Waals surface area contributed by atoms with Crippen molar-refractivity contribution in [2.75, 3.05) is 5.43 Å². The van der Waals surface area contributed by atoms with E-state index in [1.165, 1.54) is 6.21 Å². The van der Waals surface area contributed by atoms with E-state index in [4.69, 9.17) is 9.66 Å². The van der Waals surface area contributed by atoms with Gasteiger partial charge in [0.1, 0.15) is 0 Å². The van der Waals surface area contributed by atoms with Crippen LogP contribution in [-0.2, 0) is 10.1 Å². The number of carboxylic acid groups (broad SMARTS) is 1. The standard InChI is InChI=1S/C14H12N2O5S.2Na/c17-14(18)12-7-6-11(22(19,20)21)8-13(12)16-15-9-10-4-2-1-3-5-10;;/h1-9,16H,(H,17,18)(H,19,20,21);;. The quantitative estimate of drug-likeness (QED) is 0.318. The van der Waals surface area contributed by atoms with Crippen LogP contribution in [0.15, 0.2) is 58.5 Å². The van der Waals surface area contributed by atoms with E-state index in [-0.39, 0.29) is 70.4 Å². The van der Waals surface area contributed by atoms with Crippen LogP contribution in [0.5, 0.6) is 0 Å². The molecule has 0 saturated heterocycles. The van der Waals surface area contributed by atoms with E-state index < -0.39 is 21.0 Å². The van der Waals surface area contributed by atoms with Crippen molar-refractivity contribution in [2.24, 2.45) is 5.10 Å². The van der Waals surface area contributed by atoms with Crippen LogP contribution in [-0.4, -0.2) is 89.4 Å². The number of hydrogen-bond donors (Lipinski definition) is 3. The summed E-state index contributed by atoms with van der Waals surface area (Å²) in [5, 5.41) is 12.9. The molecule has 0 bridgehead atoms. The summed E-state index contributed by atoms with van der Waals surface area (Å²) in [4.78, 5) is 10.7. The summed E-state index contributed by atoms with van der Waals surface area (Å²) in [6.45, 7) is 0. The fourth-order valence-electron chi connectivity index (χ4n) is 1.68. The van der Waals surface area contributed by atoms with Gasteiger partial charge in [0.25, 0.3) is 10.1 Å². The third-order valence-electron chi connectivity index (χ3n) is 2.72. The van der Waals surface area contributed by atoms with Gasteiger partial charge in [-0.1, -0.05) is 30.3 Å². The molecule has 0 atom stereocenters. The molecule has 2 aromatic carbocycles. The van der Waals surface area contributed by atoms with E-state index in [2.05, 4.69) is 10.5 Å². The maximum Gasteiger partial charge on any atom is 0.337 e. The Labute approximate surface area is 183 Å². The van der Waals surface area contributed by atoms with E-state index in [9.17, 15) is 13.2 Å². The molecule has 2 rings (SSSR count). The van der Waals surface area contributed by atoms with Crippen LogP contribution in [0.2, 0.25) is 0 Å². The van der Waals surface area contributed by atoms with Crippen molar-refractivity contribution in [3.05, 3.63) is 59.7 Å². The van der Waals surface area contributed by atoms with E-state index in [1.54, 1.807) is 12.1 Å². The molecule has 0 amide bonds. The first-order valence-electron chi connectivity index (χ1n) is 6.07. The number of aromatic carboxylic acids is 1. The largest absolute Gasteiger partial charge is 0.478 e. The molecule has 0 saturated carbocycles. The van der Waals surface area contributed by atoms with Gasteiger partial charge >= 0.3 is 5.97 Å². The zero-order valence-corrected chi connectivity index (χ0v) is 18.0. The van der Waals surface area contributed by atoms with E-state index >= 15 is 0 Å². The fourth-order valence-corrected chi connectivity index (χ4v) is 2.19. The van der Waals surface area contributed by atoms with Crippen molar-refractivity contribution >= 4 is 87.1 Å². The second kappa shape index (κ2) is 10.3. The first-order valence-corrected chi connectivity index (χ1v) is 7.51. The van der Waals surface area contributed by atoms with Crippen LogP contribution in [0.25, 0.3) is 0 Å². The molecule has 2 radical (unpaired) electrons. The number of carboxylic acids is 1. The SMILES string of the molecule is O=C(O)c1ccc(S(=O)(=O)O)cc1NN=Cc1ccccc1.[Na].[Na]. The van der Waals surface area contributed by atoms with Crippen LogP contribution in [0.3, 0.4) is 0 Å². The number of nitrogens with zero attached hydrogens (tertiary/aromatic N) is 1. The molecule has 10 heteroatoms. The van der Waals surface area contributed by atoms with Crippen LogP contribution < -0.4 is 5.43 Å². The number of benzene rings is 2. The normalized spacial score (nSPS) is 10.5. The van der Waals surface area contributed by atoms with Gasteiger partial charge in [0.2, 0.25) is 0 Å². The predicted octanol–water partition coefficient (Wildman–Crippen LogP) is 1.32.